The molecule has 0 spiro atoms. The topological polar surface area (TPSA) is 85.5 Å². The van der Waals surface area contributed by atoms with Crippen molar-refractivity contribution in [3.8, 4) is 0 Å². The highest BCUT2D eigenvalue weighted by Crippen LogP contribution is 2.26. The first-order valence-electron chi connectivity index (χ1n) is 10.1. The van der Waals surface area contributed by atoms with Crippen LogP contribution in [0, 0.1) is 13.8 Å². The van der Waals surface area contributed by atoms with E-state index in [9.17, 15) is 13.2 Å². The van der Waals surface area contributed by atoms with E-state index in [1.54, 1.807) is 0 Å². The van der Waals surface area contributed by atoms with Crippen LogP contribution in [-0.4, -0.2) is 48.7 Å². The molecule has 158 valence electrons. The molecule has 1 aromatic heterocycles. The first-order chi connectivity index (χ1) is 13.7. The number of carbonyl (C=O) groups excluding carboxylic acids is 1. The van der Waals surface area contributed by atoms with Gasteiger partial charge in [-0.15, -0.1) is 0 Å². The molecular formula is C21H31N4O3S+. The fraction of sp³-hybridized carbons (Fsp3) is 0.524. The smallest absolute Gasteiger partial charge is 0.278 e. The van der Waals surface area contributed by atoms with Crippen molar-refractivity contribution in [2.75, 3.05) is 18.6 Å². The second-order valence-electron chi connectivity index (χ2n) is 8.10. The van der Waals surface area contributed by atoms with Gasteiger partial charge >= 0.3 is 0 Å². The van der Waals surface area contributed by atoms with E-state index < -0.39 is 9.84 Å². The Labute approximate surface area is 173 Å². The Kier molecular flexibility index (Phi) is 6.43. The summed E-state index contributed by atoms with van der Waals surface area (Å²) < 4.78 is 25.5. The monoisotopic (exact) mass is 419 g/mol. The molecule has 0 saturated carbocycles. The van der Waals surface area contributed by atoms with Gasteiger partial charge in [-0.2, -0.15) is 5.10 Å². The summed E-state index contributed by atoms with van der Waals surface area (Å²) in [7, 11) is -0.957. The predicted octanol–water partition coefficient (Wildman–Crippen LogP) is 0.579. The summed E-state index contributed by atoms with van der Waals surface area (Å²) >= 11 is 0. The van der Waals surface area contributed by atoms with Gasteiger partial charge in [0.1, 0.15) is 6.54 Å². The number of rotatable bonds is 7. The van der Waals surface area contributed by atoms with Crippen molar-refractivity contribution in [1.82, 2.24) is 15.1 Å². The zero-order valence-electron chi connectivity index (χ0n) is 17.6. The number of carbonyl (C=O) groups is 1. The molecule has 2 aromatic rings. The summed E-state index contributed by atoms with van der Waals surface area (Å²) in [5.74, 6) is 0.403. The van der Waals surface area contributed by atoms with Crippen LogP contribution >= 0.6 is 0 Å². The third kappa shape index (κ3) is 5.05. The minimum atomic E-state index is -2.96. The van der Waals surface area contributed by atoms with Crippen molar-refractivity contribution in [2.24, 2.45) is 0 Å². The normalized spacial score (nSPS) is 20.3. The number of aryl methyl sites for hydroxylation is 1. The Hall–Kier alpha value is -2.19. The van der Waals surface area contributed by atoms with Gasteiger partial charge in [-0.3, -0.25) is 9.48 Å². The third-order valence-electron chi connectivity index (χ3n) is 5.93. The molecule has 29 heavy (non-hydrogen) atoms. The molecule has 0 bridgehead atoms. The largest absolute Gasteiger partial charge is 0.347 e. The summed E-state index contributed by atoms with van der Waals surface area (Å²) in [6.07, 6.45) is 0.616. The van der Waals surface area contributed by atoms with Crippen LogP contribution in [0.1, 0.15) is 41.9 Å². The number of nitrogens with zero attached hydrogens (tertiary/aromatic N) is 2. The Balaban J connectivity index is 1.64. The zero-order valence-corrected chi connectivity index (χ0v) is 18.4. The summed E-state index contributed by atoms with van der Waals surface area (Å²) in [6, 6.07) is 9.56. The van der Waals surface area contributed by atoms with Gasteiger partial charge in [0.2, 0.25) is 0 Å². The van der Waals surface area contributed by atoms with Gasteiger partial charge in [-0.05, 0) is 32.8 Å². The zero-order chi connectivity index (χ0) is 21.2. The first-order valence-corrected chi connectivity index (χ1v) is 11.9. The number of quaternary nitrogens is 1. The maximum absolute atomic E-state index is 12.6. The lowest BCUT2D eigenvalue weighted by Crippen LogP contribution is -3.12. The van der Waals surface area contributed by atoms with Gasteiger partial charge in [-0.1, -0.05) is 30.3 Å². The summed E-state index contributed by atoms with van der Waals surface area (Å²) in [4.78, 5) is 13.7. The molecule has 3 rings (SSSR count). The van der Waals surface area contributed by atoms with Crippen LogP contribution in [0.4, 0.5) is 0 Å². The molecule has 1 aliphatic rings. The Morgan fingerprint density at radius 2 is 2.00 bits per heavy atom. The highest BCUT2D eigenvalue weighted by atomic mass is 32.2. The molecule has 1 saturated heterocycles. The number of nitrogens with one attached hydrogen (secondary N) is 2. The summed E-state index contributed by atoms with van der Waals surface area (Å²) in [5, 5.41) is 7.64. The fourth-order valence-electron chi connectivity index (χ4n) is 3.87. The Morgan fingerprint density at radius 1 is 1.31 bits per heavy atom. The first kappa shape index (κ1) is 21.5. The molecule has 7 nitrogen and oxygen atoms in total. The standard InChI is InChI=1S/C21H30N4O3S/c1-15-20(16(2)25(23-15)19-10-11-29(27,28)14-19)13-24(4)17(3)21(26)22-12-18-8-6-5-7-9-18/h5-9,17,19H,10-14H2,1-4H3,(H,22,26)/p+1/t17-,19+/m0/s1. The number of amides is 1. The van der Waals surface area contributed by atoms with Gasteiger partial charge in [0, 0.05) is 12.2 Å². The molecule has 1 aromatic carbocycles. The van der Waals surface area contributed by atoms with Crippen LogP contribution in [0.3, 0.4) is 0 Å². The average Bonchev–Trinajstić information content (AvgIpc) is 3.19. The number of sulfone groups is 1. The van der Waals surface area contributed by atoms with E-state index in [0.29, 0.717) is 19.5 Å². The van der Waals surface area contributed by atoms with E-state index in [0.717, 1.165) is 27.4 Å². The lowest BCUT2D eigenvalue weighted by molar-refractivity contribution is -0.908. The SMILES string of the molecule is Cc1nn([C@@H]2CCS(=O)(=O)C2)c(C)c1C[NH+](C)[C@@H](C)C(=O)NCc1ccccc1. The lowest BCUT2D eigenvalue weighted by Gasteiger charge is -2.21. The molecule has 1 amide bonds. The molecule has 0 radical (unpaired) electrons. The molecule has 8 heteroatoms. The predicted molar refractivity (Wildman–Crippen MR) is 112 cm³/mol. The fourth-order valence-corrected chi connectivity index (χ4v) is 5.56. The van der Waals surface area contributed by atoms with Crippen LogP contribution in [0.15, 0.2) is 30.3 Å². The van der Waals surface area contributed by atoms with Gasteiger partial charge in [0.15, 0.2) is 15.9 Å². The van der Waals surface area contributed by atoms with Crippen molar-refractivity contribution in [1.29, 1.82) is 0 Å². The lowest BCUT2D eigenvalue weighted by atomic mass is 10.1. The number of benzene rings is 1. The van der Waals surface area contributed by atoms with E-state index in [2.05, 4.69) is 10.4 Å². The quantitative estimate of drug-likeness (QED) is 0.688. The van der Waals surface area contributed by atoms with Crippen molar-refractivity contribution in [2.45, 2.75) is 52.4 Å². The number of hydrogen-bond acceptors (Lipinski definition) is 4. The molecule has 1 aliphatic heterocycles. The van der Waals surface area contributed by atoms with Crippen LogP contribution < -0.4 is 10.2 Å². The molecular weight excluding hydrogens is 388 g/mol. The number of likely N-dealkylation sites (N-methyl/N-ethyl adjacent to an activating group) is 1. The molecule has 3 atom stereocenters. The molecule has 2 heterocycles. The average molecular weight is 420 g/mol. The summed E-state index contributed by atoms with van der Waals surface area (Å²) in [5.41, 5.74) is 4.07. The minimum Gasteiger partial charge on any atom is -0.347 e. The molecule has 1 unspecified atom stereocenters. The number of aromatic nitrogens is 2. The van der Waals surface area contributed by atoms with Crippen molar-refractivity contribution in [3.63, 3.8) is 0 Å². The van der Waals surface area contributed by atoms with E-state index in [4.69, 9.17) is 0 Å². The Morgan fingerprint density at radius 3 is 2.62 bits per heavy atom. The maximum atomic E-state index is 12.6. The van der Waals surface area contributed by atoms with E-state index >= 15 is 0 Å². The van der Waals surface area contributed by atoms with Gasteiger partial charge in [0.05, 0.1) is 35.9 Å². The molecule has 2 N–H and O–H groups in total. The van der Waals surface area contributed by atoms with E-state index in [-0.39, 0.29) is 29.5 Å². The highest BCUT2D eigenvalue weighted by Gasteiger charge is 2.32. The van der Waals surface area contributed by atoms with E-state index in [1.807, 2.05) is 62.8 Å². The molecule has 1 fully saturated rings. The van der Waals surface area contributed by atoms with Crippen LogP contribution in [-0.2, 0) is 27.7 Å². The van der Waals surface area contributed by atoms with E-state index in [1.165, 1.54) is 0 Å². The summed E-state index contributed by atoms with van der Waals surface area (Å²) in [6.45, 7) is 7.05. The number of hydrogen-bond donors (Lipinski definition) is 2. The van der Waals surface area contributed by atoms with Crippen molar-refractivity contribution in [3.05, 3.63) is 52.8 Å². The van der Waals surface area contributed by atoms with Crippen LogP contribution in [0.5, 0.6) is 0 Å². The van der Waals surface area contributed by atoms with Gasteiger partial charge < -0.3 is 10.2 Å². The van der Waals surface area contributed by atoms with Gasteiger partial charge in [-0.25, -0.2) is 8.42 Å². The second-order valence-corrected chi connectivity index (χ2v) is 10.3. The van der Waals surface area contributed by atoms with Crippen LogP contribution in [0.2, 0.25) is 0 Å². The van der Waals surface area contributed by atoms with Crippen LogP contribution in [0.25, 0.3) is 0 Å². The molecule has 0 aliphatic carbocycles. The highest BCUT2D eigenvalue weighted by molar-refractivity contribution is 7.91. The van der Waals surface area contributed by atoms with Crippen molar-refractivity contribution >= 4 is 15.7 Å². The second kappa shape index (κ2) is 8.67. The van der Waals surface area contributed by atoms with Crippen molar-refractivity contribution < 1.29 is 18.1 Å². The third-order valence-corrected chi connectivity index (χ3v) is 7.68. The minimum absolute atomic E-state index is 0.0101. The maximum Gasteiger partial charge on any atom is 0.278 e. The Bertz CT molecular complexity index is 969. The van der Waals surface area contributed by atoms with Gasteiger partial charge in [0.25, 0.3) is 5.91 Å².